The molecule has 0 aliphatic carbocycles. The Morgan fingerprint density at radius 3 is 3.04 bits per heavy atom. The van der Waals surface area contributed by atoms with Crippen LogP contribution < -0.4 is 5.73 Å². The van der Waals surface area contributed by atoms with Gasteiger partial charge >= 0.3 is 5.97 Å². The fraction of sp³-hybridized carbons (Fsp3) is 0.429. The molecular weight excluding hydrogens is 336 g/mol. The van der Waals surface area contributed by atoms with E-state index in [4.69, 9.17) is 10.5 Å². The van der Waals surface area contributed by atoms with E-state index >= 15 is 0 Å². The van der Waals surface area contributed by atoms with Crippen molar-refractivity contribution in [1.82, 2.24) is 14.9 Å². The summed E-state index contributed by atoms with van der Waals surface area (Å²) in [5.41, 5.74) is 6.49. The molecule has 1 aliphatic heterocycles. The van der Waals surface area contributed by atoms with Gasteiger partial charge in [0, 0.05) is 24.1 Å². The molecule has 1 saturated heterocycles. The van der Waals surface area contributed by atoms with Gasteiger partial charge in [0.1, 0.15) is 5.82 Å². The first-order valence-corrected chi connectivity index (χ1v) is 9.02. The Bertz CT molecular complexity index is 616. The highest BCUT2D eigenvalue weighted by molar-refractivity contribution is 8.04. The number of thioether (sulfide) groups is 2. The number of ether oxygens (including phenoxy) is 1. The lowest BCUT2D eigenvalue weighted by Crippen LogP contribution is -2.27. The number of carbonyl (C=O) groups excluding carboxylic acids is 2. The number of aromatic nitrogens is 2. The summed E-state index contributed by atoms with van der Waals surface area (Å²) in [7, 11) is 0. The number of hydrogen-bond acceptors (Lipinski definition) is 8. The number of rotatable bonds is 6. The molecule has 9 heteroatoms. The number of esters is 1. The smallest absolute Gasteiger partial charge is 0.333 e. The van der Waals surface area contributed by atoms with E-state index in [1.165, 1.54) is 29.6 Å². The number of nitrogens with zero attached hydrogens (tertiary/aromatic N) is 3. The monoisotopic (exact) mass is 354 g/mol. The van der Waals surface area contributed by atoms with Gasteiger partial charge < -0.3 is 15.4 Å². The Morgan fingerprint density at radius 1 is 1.57 bits per heavy atom. The van der Waals surface area contributed by atoms with E-state index in [2.05, 4.69) is 9.97 Å². The summed E-state index contributed by atoms with van der Waals surface area (Å²) in [6, 6.07) is 1.70. The number of aryl methyl sites for hydroxylation is 1. The molecule has 1 fully saturated rings. The summed E-state index contributed by atoms with van der Waals surface area (Å²) in [5, 5.41) is 1.21. The number of nitrogen functional groups attached to an aromatic ring is 1. The van der Waals surface area contributed by atoms with Crippen LogP contribution in [0.4, 0.5) is 5.82 Å². The minimum Gasteiger partial charge on any atom is -0.463 e. The van der Waals surface area contributed by atoms with Crippen molar-refractivity contribution in [2.45, 2.75) is 19.0 Å². The van der Waals surface area contributed by atoms with Gasteiger partial charge in [0.2, 0.25) is 5.91 Å². The van der Waals surface area contributed by atoms with Crippen molar-refractivity contribution in [2.75, 3.05) is 30.4 Å². The van der Waals surface area contributed by atoms with E-state index in [1.54, 1.807) is 17.9 Å². The first-order chi connectivity index (χ1) is 11.0. The zero-order valence-corrected chi connectivity index (χ0v) is 14.6. The van der Waals surface area contributed by atoms with Crippen LogP contribution in [0.2, 0.25) is 0 Å². The number of anilines is 1. The molecule has 2 N–H and O–H groups in total. The molecule has 1 amide bonds. The number of amides is 1. The third-order valence-electron chi connectivity index (χ3n) is 2.84. The molecule has 2 rings (SSSR count). The van der Waals surface area contributed by atoms with Crippen molar-refractivity contribution in [3.63, 3.8) is 0 Å². The first-order valence-electron chi connectivity index (χ1n) is 7.05. The normalized spacial score (nSPS) is 16.2. The fourth-order valence-corrected chi connectivity index (χ4v) is 3.70. The van der Waals surface area contributed by atoms with Crippen LogP contribution in [0.1, 0.15) is 12.6 Å². The van der Waals surface area contributed by atoms with Gasteiger partial charge in [-0.1, -0.05) is 23.5 Å². The van der Waals surface area contributed by atoms with Crippen LogP contribution in [0.15, 0.2) is 22.3 Å². The maximum absolute atomic E-state index is 11.9. The molecule has 1 aliphatic rings. The quantitative estimate of drug-likeness (QED) is 0.355. The lowest BCUT2D eigenvalue weighted by molar-refractivity contribution is -0.137. The van der Waals surface area contributed by atoms with Crippen molar-refractivity contribution in [3.8, 4) is 0 Å². The zero-order chi connectivity index (χ0) is 16.8. The SMILES string of the molecule is CCOC(=O)C=C1SCC(=O)N1CCSc1nc(C)cc(N)n1. The molecule has 1 aromatic rings. The predicted octanol–water partition coefficient (Wildman–Crippen LogP) is 1.44. The summed E-state index contributed by atoms with van der Waals surface area (Å²) in [4.78, 5) is 33.5. The second-order valence-electron chi connectivity index (χ2n) is 4.63. The van der Waals surface area contributed by atoms with E-state index in [-0.39, 0.29) is 5.91 Å². The Hall–Kier alpha value is -1.74. The van der Waals surface area contributed by atoms with Crippen LogP contribution in [0, 0.1) is 6.92 Å². The Labute approximate surface area is 143 Å². The van der Waals surface area contributed by atoms with Crippen molar-refractivity contribution < 1.29 is 14.3 Å². The van der Waals surface area contributed by atoms with E-state index in [9.17, 15) is 9.59 Å². The molecule has 7 nitrogen and oxygen atoms in total. The largest absolute Gasteiger partial charge is 0.463 e. The van der Waals surface area contributed by atoms with Gasteiger partial charge in [0.05, 0.1) is 23.5 Å². The van der Waals surface area contributed by atoms with Gasteiger partial charge in [-0.2, -0.15) is 0 Å². The molecule has 0 radical (unpaired) electrons. The van der Waals surface area contributed by atoms with Crippen LogP contribution >= 0.6 is 23.5 Å². The Morgan fingerprint density at radius 2 is 2.35 bits per heavy atom. The van der Waals surface area contributed by atoms with Gasteiger partial charge in [-0.05, 0) is 13.8 Å². The third-order valence-corrected chi connectivity index (χ3v) is 4.69. The lowest BCUT2D eigenvalue weighted by atomic mass is 10.4. The Kier molecular flexibility index (Phi) is 6.28. The summed E-state index contributed by atoms with van der Waals surface area (Å²) in [5.74, 6) is 0.919. The highest BCUT2D eigenvalue weighted by Crippen LogP contribution is 2.29. The van der Waals surface area contributed by atoms with Crippen molar-refractivity contribution in [3.05, 3.63) is 22.9 Å². The minimum absolute atomic E-state index is 0.0178. The van der Waals surface area contributed by atoms with E-state index < -0.39 is 5.97 Å². The maximum Gasteiger partial charge on any atom is 0.333 e. The van der Waals surface area contributed by atoms with Crippen molar-refractivity contribution in [1.29, 1.82) is 0 Å². The van der Waals surface area contributed by atoms with Crippen molar-refractivity contribution >= 4 is 41.2 Å². The molecule has 0 spiro atoms. The van der Waals surface area contributed by atoms with E-state index in [0.29, 0.717) is 40.7 Å². The molecule has 124 valence electrons. The molecule has 0 aromatic carbocycles. The average Bonchev–Trinajstić information content (AvgIpc) is 2.79. The van der Waals surface area contributed by atoms with Crippen molar-refractivity contribution in [2.24, 2.45) is 0 Å². The average molecular weight is 354 g/mol. The summed E-state index contributed by atoms with van der Waals surface area (Å²) in [6.45, 7) is 4.37. The van der Waals surface area contributed by atoms with Gasteiger partial charge in [-0.3, -0.25) is 4.79 Å². The number of carbonyl (C=O) groups is 2. The van der Waals surface area contributed by atoms with Gasteiger partial charge in [0.25, 0.3) is 0 Å². The minimum atomic E-state index is -0.433. The molecular formula is C14H18N4O3S2. The molecule has 0 bridgehead atoms. The maximum atomic E-state index is 11.9. The highest BCUT2D eigenvalue weighted by atomic mass is 32.2. The zero-order valence-electron chi connectivity index (χ0n) is 12.9. The molecule has 0 unspecified atom stereocenters. The van der Waals surface area contributed by atoms with Crippen LogP contribution in [0.25, 0.3) is 0 Å². The second kappa shape index (κ2) is 8.21. The predicted molar refractivity (Wildman–Crippen MR) is 90.8 cm³/mol. The molecule has 2 heterocycles. The van der Waals surface area contributed by atoms with Gasteiger partial charge in [-0.25, -0.2) is 14.8 Å². The second-order valence-corrected chi connectivity index (χ2v) is 6.69. The fourth-order valence-electron chi connectivity index (χ4n) is 1.91. The van der Waals surface area contributed by atoms with Gasteiger partial charge in [0.15, 0.2) is 5.16 Å². The van der Waals surface area contributed by atoms with Gasteiger partial charge in [-0.15, -0.1) is 0 Å². The summed E-state index contributed by atoms with van der Waals surface area (Å²) < 4.78 is 4.88. The third kappa shape index (κ3) is 5.14. The van der Waals surface area contributed by atoms with Crippen LogP contribution in [-0.2, 0) is 14.3 Å². The Balaban J connectivity index is 1.94. The van der Waals surface area contributed by atoms with Crippen LogP contribution in [0.5, 0.6) is 0 Å². The molecule has 23 heavy (non-hydrogen) atoms. The van der Waals surface area contributed by atoms with Crippen LogP contribution in [-0.4, -0.2) is 51.4 Å². The number of hydrogen-bond donors (Lipinski definition) is 1. The highest BCUT2D eigenvalue weighted by Gasteiger charge is 2.27. The van der Waals surface area contributed by atoms with E-state index in [1.807, 2.05) is 6.92 Å². The molecule has 0 saturated carbocycles. The summed E-state index contributed by atoms with van der Waals surface area (Å²) in [6.07, 6.45) is 1.37. The lowest BCUT2D eigenvalue weighted by Gasteiger charge is -2.16. The number of nitrogens with two attached hydrogens (primary N) is 1. The molecule has 0 atom stereocenters. The first kappa shape index (κ1) is 17.6. The topological polar surface area (TPSA) is 98.4 Å². The standard InChI is InChI=1S/C14H18N4O3S2/c1-3-21-13(20)7-12-18(11(19)8-23-12)4-5-22-14-16-9(2)6-10(15)17-14/h6-7H,3-5,8H2,1-2H3,(H2,15,16,17). The van der Waals surface area contributed by atoms with E-state index in [0.717, 1.165) is 5.69 Å². The summed E-state index contributed by atoms with van der Waals surface area (Å²) >= 11 is 2.76. The van der Waals surface area contributed by atoms with Crippen LogP contribution in [0.3, 0.4) is 0 Å². The molecule has 1 aromatic heterocycles.